The fourth-order valence-electron chi connectivity index (χ4n) is 5.43. The lowest BCUT2D eigenvalue weighted by molar-refractivity contribution is 0.177. The number of nitrogens with zero attached hydrogens (tertiary/aromatic N) is 2. The second-order valence-electron chi connectivity index (χ2n) is 9.85. The largest absolute Gasteiger partial charge is 0.385 e. The lowest BCUT2D eigenvalue weighted by atomic mass is 9.93. The minimum Gasteiger partial charge on any atom is -0.385 e. The van der Waals surface area contributed by atoms with Crippen LogP contribution in [0.4, 0.5) is 10.6 Å². The van der Waals surface area contributed by atoms with Gasteiger partial charge in [-0.3, -0.25) is 10.1 Å². The highest BCUT2D eigenvalue weighted by molar-refractivity contribution is 5.91. The number of hydrogen-bond donors (Lipinski definition) is 3. The number of aromatic nitrogens is 3. The summed E-state index contributed by atoms with van der Waals surface area (Å²) in [7, 11) is 1.73. The van der Waals surface area contributed by atoms with Crippen LogP contribution in [0.15, 0.2) is 83.8 Å². The highest BCUT2D eigenvalue weighted by Crippen LogP contribution is 2.40. The maximum Gasteiger partial charge on any atom is 0.320 e. The van der Waals surface area contributed by atoms with Crippen molar-refractivity contribution in [2.45, 2.75) is 38.1 Å². The van der Waals surface area contributed by atoms with Crippen LogP contribution in [0, 0.1) is 12.8 Å². The minimum absolute atomic E-state index is 0.00586. The molecule has 1 saturated carbocycles. The average molecular weight is 512 g/mol. The van der Waals surface area contributed by atoms with Crippen molar-refractivity contribution in [3.63, 3.8) is 0 Å². The van der Waals surface area contributed by atoms with Gasteiger partial charge in [-0.15, -0.1) is 0 Å². The molecule has 2 amide bonds. The fraction of sp³-hybridized carbons (Fsp3) is 0.300. The molecule has 0 saturated heterocycles. The molecule has 0 bridgehead atoms. The van der Waals surface area contributed by atoms with E-state index in [0.29, 0.717) is 24.0 Å². The Kier molecular flexibility index (Phi) is 7.70. The molecule has 8 nitrogen and oxygen atoms in total. The lowest BCUT2D eigenvalue weighted by Gasteiger charge is -2.22. The number of carbonyl (C=O) groups is 1. The van der Waals surface area contributed by atoms with Crippen LogP contribution in [0.2, 0.25) is 0 Å². The second kappa shape index (κ2) is 11.5. The highest BCUT2D eigenvalue weighted by atomic mass is 16.5. The van der Waals surface area contributed by atoms with Crippen LogP contribution >= 0.6 is 0 Å². The number of urea groups is 1. The Balaban J connectivity index is 1.42. The predicted molar refractivity (Wildman–Crippen MR) is 149 cm³/mol. The number of hydrogen-bond acceptors (Lipinski definition) is 4. The van der Waals surface area contributed by atoms with E-state index in [1.165, 1.54) is 11.6 Å². The van der Waals surface area contributed by atoms with Crippen LogP contribution in [0.1, 0.15) is 36.3 Å². The standard InChI is InChI=1S/C30H33N5O3/c1-20-28(23-13-14-27(36)31-19-23)34-35(24-11-7-4-8-12-24)29(20)33-30(37)32-26-18-21(15-16-38-2)17-25(26)22-9-5-3-6-10-22/h3-14,19,21,25-26H,15-18H2,1-2H3,(H,31,36)(H2,32,33,37)/t21-,25-,26+/m0/s1. The van der Waals surface area contributed by atoms with E-state index in [1.54, 1.807) is 24.1 Å². The highest BCUT2D eigenvalue weighted by Gasteiger charge is 2.36. The van der Waals surface area contributed by atoms with Gasteiger partial charge >= 0.3 is 6.03 Å². The van der Waals surface area contributed by atoms with Crippen LogP contribution in [-0.2, 0) is 4.74 Å². The molecule has 3 N–H and O–H groups in total. The Bertz CT molecular complexity index is 1410. The number of H-pyrrole nitrogens is 1. The summed E-state index contributed by atoms with van der Waals surface area (Å²) in [6, 6.07) is 23.0. The molecule has 0 radical (unpaired) electrons. The van der Waals surface area contributed by atoms with Crippen molar-refractivity contribution < 1.29 is 9.53 Å². The number of carbonyl (C=O) groups excluding carboxylic acids is 1. The van der Waals surface area contributed by atoms with Gasteiger partial charge in [0.05, 0.1) is 11.4 Å². The van der Waals surface area contributed by atoms with E-state index in [1.807, 2.05) is 43.3 Å². The van der Waals surface area contributed by atoms with Crippen molar-refractivity contribution in [3.05, 3.63) is 100 Å². The summed E-state index contributed by atoms with van der Waals surface area (Å²) < 4.78 is 7.06. The molecular weight excluding hydrogens is 478 g/mol. The van der Waals surface area contributed by atoms with E-state index in [9.17, 15) is 9.59 Å². The number of methoxy groups -OCH3 is 1. The molecular formula is C30H33N5O3. The number of rotatable bonds is 8. The third-order valence-electron chi connectivity index (χ3n) is 7.35. The summed E-state index contributed by atoms with van der Waals surface area (Å²) in [5.74, 6) is 1.30. The van der Waals surface area contributed by atoms with Gasteiger partial charge in [0.25, 0.3) is 0 Å². The number of aromatic amines is 1. The predicted octanol–water partition coefficient (Wildman–Crippen LogP) is 5.26. The maximum atomic E-state index is 13.5. The number of amides is 2. The van der Waals surface area contributed by atoms with Gasteiger partial charge in [0.2, 0.25) is 5.56 Å². The minimum atomic E-state index is -0.267. The summed E-state index contributed by atoms with van der Waals surface area (Å²) in [6.07, 6.45) is 4.52. The second-order valence-corrected chi connectivity index (χ2v) is 9.85. The molecule has 5 rings (SSSR count). The topological polar surface area (TPSA) is 101 Å². The molecule has 0 aliphatic heterocycles. The first-order valence-corrected chi connectivity index (χ1v) is 13.0. The molecule has 1 aliphatic rings. The molecule has 0 unspecified atom stereocenters. The van der Waals surface area contributed by atoms with E-state index in [2.05, 4.69) is 39.9 Å². The first-order chi connectivity index (χ1) is 18.5. The van der Waals surface area contributed by atoms with Gasteiger partial charge in [0.15, 0.2) is 0 Å². The van der Waals surface area contributed by atoms with Gasteiger partial charge in [-0.05, 0) is 55.9 Å². The maximum absolute atomic E-state index is 13.5. The van der Waals surface area contributed by atoms with Gasteiger partial charge in [-0.1, -0.05) is 48.5 Å². The van der Waals surface area contributed by atoms with Gasteiger partial charge in [0.1, 0.15) is 5.82 Å². The van der Waals surface area contributed by atoms with E-state index >= 15 is 0 Å². The van der Waals surface area contributed by atoms with Gasteiger partial charge in [-0.2, -0.15) is 5.10 Å². The number of pyridine rings is 1. The number of ether oxygens (including phenoxy) is 1. The fourth-order valence-corrected chi connectivity index (χ4v) is 5.43. The molecule has 2 heterocycles. The molecule has 3 atom stereocenters. The van der Waals surface area contributed by atoms with Crippen LogP contribution in [0.5, 0.6) is 0 Å². The van der Waals surface area contributed by atoms with Gasteiger partial charge in [-0.25, -0.2) is 9.48 Å². The monoisotopic (exact) mass is 511 g/mol. The van der Waals surface area contributed by atoms with E-state index in [4.69, 9.17) is 9.84 Å². The lowest BCUT2D eigenvalue weighted by Crippen LogP contribution is -2.40. The molecule has 0 spiro atoms. The summed E-state index contributed by atoms with van der Waals surface area (Å²) in [4.78, 5) is 27.8. The third kappa shape index (κ3) is 5.55. The van der Waals surface area contributed by atoms with Crippen LogP contribution < -0.4 is 16.2 Å². The molecule has 38 heavy (non-hydrogen) atoms. The Labute approximate surface area is 222 Å². The zero-order valence-corrected chi connectivity index (χ0v) is 21.7. The van der Waals surface area contributed by atoms with E-state index < -0.39 is 0 Å². The zero-order chi connectivity index (χ0) is 26.5. The molecule has 8 heteroatoms. The van der Waals surface area contributed by atoms with Crippen molar-refractivity contribution in [2.24, 2.45) is 5.92 Å². The smallest absolute Gasteiger partial charge is 0.320 e. The zero-order valence-electron chi connectivity index (χ0n) is 21.7. The SMILES string of the molecule is COCC[C@@H]1C[C@@H](NC(=O)Nc2c(C)c(-c3ccc(=O)[nH]c3)nn2-c2ccccc2)[C@H](c2ccccc2)C1. The van der Waals surface area contributed by atoms with Gasteiger partial charge in [0, 0.05) is 49.1 Å². The quantitative estimate of drug-likeness (QED) is 0.301. The Hall–Kier alpha value is -4.17. The average Bonchev–Trinajstić information content (AvgIpc) is 3.49. The number of nitrogens with one attached hydrogen (secondary N) is 3. The van der Waals surface area contributed by atoms with Crippen molar-refractivity contribution in [3.8, 4) is 16.9 Å². The number of anilines is 1. The number of benzene rings is 2. The molecule has 196 valence electrons. The molecule has 2 aromatic carbocycles. The Morgan fingerprint density at radius 1 is 1.05 bits per heavy atom. The van der Waals surface area contributed by atoms with E-state index in [-0.39, 0.29) is 23.6 Å². The molecule has 4 aromatic rings. The van der Waals surface area contributed by atoms with Crippen LogP contribution in [0.25, 0.3) is 16.9 Å². The molecule has 1 fully saturated rings. The third-order valence-corrected chi connectivity index (χ3v) is 7.35. The summed E-state index contributed by atoms with van der Waals surface area (Å²) in [6.45, 7) is 2.64. The first-order valence-electron chi connectivity index (χ1n) is 13.0. The summed E-state index contributed by atoms with van der Waals surface area (Å²) >= 11 is 0. The first kappa shape index (κ1) is 25.5. The van der Waals surface area contributed by atoms with Crippen molar-refractivity contribution >= 4 is 11.8 Å². The van der Waals surface area contributed by atoms with Crippen molar-refractivity contribution in [1.29, 1.82) is 0 Å². The van der Waals surface area contributed by atoms with Crippen LogP contribution in [0.3, 0.4) is 0 Å². The Morgan fingerprint density at radius 2 is 1.79 bits per heavy atom. The normalized spacial score (nSPS) is 18.8. The number of para-hydroxylation sites is 1. The molecule has 1 aliphatic carbocycles. The Morgan fingerprint density at radius 3 is 2.47 bits per heavy atom. The van der Waals surface area contributed by atoms with E-state index in [0.717, 1.165) is 36.1 Å². The molecule has 2 aromatic heterocycles. The van der Waals surface area contributed by atoms with Crippen molar-refractivity contribution in [1.82, 2.24) is 20.1 Å². The van der Waals surface area contributed by atoms with Crippen LogP contribution in [-0.4, -0.2) is 40.6 Å². The summed E-state index contributed by atoms with van der Waals surface area (Å²) in [5.41, 5.74) is 4.14. The van der Waals surface area contributed by atoms with Crippen molar-refractivity contribution in [2.75, 3.05) is 19.0 Å². The van der Waals surface area contributed by atoms with Gasteiger partial charge < -0.3 is 15.0 Å². The summed E-state index contributed by atoms with van der Waals surface area (Å²) in [5, 5.41) is 11.2.